The van der Waals surface area contributed by atoms with Gasteiger partial charge in [-0.25, -0.2) is 0 Å². The van der Waals surface area contributed by atoms with Crippen molar-refractivity contribution in [3.8, 4) is 0 Å². The molecule has 1 fully saturated rings. The first kappa shape index (κ1) is 14.5. The van der Waals surface area contributed by atoms with Gasteiger partial charge in [-0.1, -0.05) is 13.8 Å². The van der Waals surface area contributed by atoms with E-state index in [0.29, 0.717) is 6.04 Å². The van der Waals surface area contributed by atoms with Gasteiger partial charge in [0.2, 0.25) is 0 Å². The Morgan fingerprint density at radius 3 is 2.47 bits per heavy atom. The second-order valence-electron chi connectivity index (χ2n) is 5.30. The lowest BCUT2D eigenvalue weighted by Crippen LogP contribution is -2.53. The zero-order valence-electron chi connectivity index (χ0n) is 11.5. The number of hydrogen-bond acceptors (Lipinski definition) is 3. The molecule has 0 radical (unpaired) electrons. The summed E-state index contributed by atoms with van der Waals surface area (Å²) in [4.78, 5) is 13.9. The highest BCUT2D eigenvalue weighted by Gasteiger charge is 2.46. The van der Waals surface area contributed by atoms with E-state index >= 15 is 0 Å². The summed E-state index contributed by atoms with van der Waals surface area (Å²) >= 11 is 0. The van der Waals surface area contributed by atoms with E-state index < -0.39 is 11.5 Å². The van der Waals surface area contributed by atoms with Gasteiger partial charge in [0.05, 0.1) is 0 Å². The van der Waals surface area contributed by atoms with E-state index in [1.807, 2.05) is 13.8 Å². The third kappa shape index (κ3) is 3.19. The van der Waals surface area contributed by atoms with E-state index in [-0.39, 0.29) is 6.04 Å². The Balaban J connectivity index is 2.74. The van der Waals surface area contributed by atoms with Crippen molar-refractivity contribution in [1.82, 2.24) is 10.2 Å². The van der Waals surface area contributed by atoms with Crippen LogP contribution in [0, 0.1) is 0 Å². The van der Waals surface area contributed by atoms with Crippen molar-refractivity contribution in [3.63, 3.8) is 0 Å². The maximum atomic E-state index is 11.5. The fraction of sp³-hybridized carbons (Fsp3) is 0.923. The maximum absolute atomic E-state index is 11.5. The summed E-state index contributed by atoms with van der Waals surface area (Å²) in [6.45, 7) is 10.3. The largest absolute Gasteiger partial charge is 0.480 e. The van der Waals surface area contributed by atoms with Gasteiger partial charge in [0.15, 0.2) is 0 Å². The minimum atomic E-state index is -0.707. The van der Waals surface area contributed by atoms with Gasteiger partial charge in [-0.05, 0) is 46.2 Å². The van der Waals surface area contributed by atoms with Crippen molar-refractivity contribution in [1.29, 1.82) is 0 Å². The number of carboxylic acids is 1. The van der Waals surface area contributed by atoms with Gasteiger partial charge < -0.3 is 10.0 Å². The lowest BCUT2D eigenvalue weighted by molar-refractivity contribution is -0.145. The first-order valence-corrected chi connectivity index (χ1v) is 6.70. The second-order valence-corrected chi connectivity index (χ2v) is 5.30. The first-order valence-electron chi connectivity index (χ1n) is 6.70. The molecule has 0 bridgehead atoms. The smallest absolute Gasteiger partial charge is 0.323 e. The first-order chi connectivity index (χ1) is 7.95. The molecule has 1 rings (SSSR count). The second kappa shape index (κ2) is 5.83. The molecule has 0 spiro atoms. The quantitative estimate of drug-likeness (QED) is 0.744. The highest BCUT2D eigenvalue weighted by Crippen LogP contribution is 2.33. The lowest BCUT2D eigenvalue weighted by atomic mass is 9.96. The monoisotopic (exact) mass is 242 g/mol. The average molecular weight is 242 g/mol. The number of carboxylic acid groups (broad SMARTS) is 1. The molecule has 100 valence electrons. The number of aliphatic carboxylic acids is 1. The van der Waals surface area contributed by atoms with Gasteiger partial charge in [-0.2, -0.15) is 0 Å². The summed E-state index contributed by atoms with van der Waals surface area (Å²) < 4.78 is 0. The van der Waals surface area contributed by atoms with Gasteiger partial charge in [0.1, 0.15) is 5.54 Å². The molecule has 2 unspecified atom stereocenters. The van der Waals surface area contributed by atoms with Gasteiger partial charge >= 0.3 is 5.97 Å². The predicted octanol–water partition coefficient (Wildman–Crippen LogP) is 1.70. The molecule has 0 aromatic heterocycles. The minimum absolute atomic E-state index is 0.210. The van der Waals surface area contributed by atoms with Gasteiger partial charge in [0, 0.05) is 12.1 Å². The molecule has 0 saturated heterocycles. The third-order valence-electron chi connectivity index (χ3n) is 3.79. The van der Waals surface area contributed by atoms with Crippen molar-refractivity contribution >= 4 is 5.97 Å². The van der Waals surface area contributed by atoms with E-state index in [1.54, 1.807) is 0 Å². The average Bonchev–Trinajstić information content (AvgIpc) is 2.64. The van der Waals surface area contributed by atoms with Crippen LogP contribution in [0.15, 0.2) is 0 Å². The van der Waals surface area contributed by atoms with Gasteiger partial charge in [-0.3, -0.25) is 10.1 Å². The van der Waals surface area contributed by atoms with E-state index in [1.165, 1.54) is 0 Å². The van der Waals surface area contributed by atoms with Crippen LogP contribution in [0.5, 0.6) is 0 Å². The Bertz CT molecular complexity index is 264. The molecule has 17 heavy (non-hydrogen) atoms. The number of nitrogens with one attached hydrogen (secondary N) is 1. The Kier molecular flexibility index (Phi) is 4.95. The van der Waals surface area contributed by atoms with Crippen LogP contribution in [0.25, 0.3) is 0 Å². The molecule has 0 aromatic rings. The number of nitrogens with zero attached hydrogens (tertiary/aromatic N) is 1. The van der Waals surface area contributed by atoms with Crippen LogP contribution >= 0.6 is 0 Å². The molecule has 1 aliphatic rings. The molecule has 2 N–H and O–H groups in total. The zero-order valence-corrected chi connectivity index (χ0v) is 11.5. The summed E-state index contributed by atoms with van der Waals surface area (Å²) in [6.07, 6.45) is 2.44. The Morgan fingerprint density at radius 2 is 2.06 bits per heavy atom. The molecule has 4 nitrogen and oxygen atoms in total. The summed E-state index contributed by atoms with van der Waals surface area (Å²) in [5, 5.41) is 12.7. The molecule has 1 aliphatic carbocycles. The highest BCUT2D eigenvalue weighted by molar-refractivity contribution is 5.79. The van der Waals surface area contributed by atoms with Gasteiger partial charge in [0.25, 0.3) is 0 Å². The highest BCUT2D eigenvalue weighted by atomic mass is 16.4. The summed E-state index contributed by atoms with van der Waals surface area (Å²) in [5.41, 5.74) is -0.707. The van der Waals surface area contributed by atoms with E-state index in [2.05, 4.69) is 24.1 Å². The van der Waals surface area contributed by atoms with Crippen molar-refractivity contribution in [2.45, 2.75) is 64.6 Å². The summed E-state index contributed by atoms with van der Waals surface area (Å²) in [6, 6.07) is 0.619. The molecular weight excluding hydrogens is 216 g/mol. The standard InChI is InChI=1S/C13H26N2O2/c1-5-15(6-2)11-7-8-13(9-11,12(16)17)14-10(3)4/h10-11,14H,5-9H2,1-4H3,(H,16,17). The zero-order chi connectivity index (χ0) is 13.1. The molecule has 0 amide bonds. The van der Waals surface area contributed by atoms with Crippen molar-refractivity contribution in [3.05, 3.63) is 0 Å². The Morgan fingerprint density at radius 1 is 1.47 bits per heavy atom. The van der Waals surface area contributed by atoms with Crippen LogP contribution in [-0.4, -0.2) is 46.7 Å². The normalized spacial score (nSPS) is 29.2. The predicted molar refractivity (Wildman–Crippen MR) is 69.2 cm³/mol. The lowest BCUT2D eigenvalue weighted by Gasteiger charge is -2.31. The number of carbonyl (C=O) groups is 1. The number of rotatable bonds is 6. The third-order valence-corrected chi connectivity index (χ3v) is 3.79. The molecule has 0 aliphatic heterocycles. The van der Waals surface area contributed by atoms with E-state index in [4.69, 9.17) is 0 Å². The van der Waals surface area contributed by atoms with Crippen molar-refractivity contribution < 1.29 is 9.90 Å². The van der Waals surface area contributed by atoms with Crippen LogP contribution in [-0.2, 0) is 4.79 Å². The fourth-order valence-electron chi connectivity index (χ4n) is 3.01. The maximum Gasteiger partial charge on any atom is 0.323 e. The van der Waals surface area contributed by atoms with Crippen LogP contribution in [0.2, 0.25) is 0 Å². The van der Waals surface area contributed by atoms with E-state index in [0.717, 1.165) is 32.4 Å². The Labute approximate surface area is 104 Å². The summed E-state index contributed by atoms with van der Waals surface area (Å²) in [7, 11) is 0. The molecule has 1 saturated carbocycles. The Hall–Kier alpha value is -0.610. The van der Waals surface area contributed by atoms with Crippen LogP contribution in [0.3, 0.4) is 0 Å². The van der Waals surface area contributed by atoms with Crippen molar-refractivity contribution in [2.24, 2.45) is 0 Å². The van der Waals surface area contributed by atoms with Crippen LogP contribution in [0.4, 0.5) is 0 Å². The SMILES string of the molecule is CCN(CC)C1CCC(NC(C)C)(C(=O)O)C1. The molecule has 0 aromatic carbocycles. The van der Waals surface area contributed by atoms with E-state index in [9.17, 15) is 9.90 Å². The minimum Gasteiger partial charge on any atom is -0.480 e. The molecule has 4 heteroatoms. The van der Waals surface area contributed by atoms with Crippen LogP contribution < -0.4 is 5.32 Å². The molecule has 0 heterocycles. The molecular formula is C13H26N2O2. The number of hydrogen-bond donors (Lipinski definition) is 2. The summed E-state index contributed by atoms with van der Waals surface area (Å²) in [5.74, 6) is -0.694. The molecule has 2 atom stereocenters. The van der Waals surface area contributed by atoms with Crippen molar-refractivity contribution in [2.75, 3.05) is 13.1 Å². The van der Waals surface area contributed by atoms with Crippen LogP contribution in [0.1, 0.15) is 47.0 Å². The topological polar surface area (TPSA) is 52.6 Å². The fourth-order valence-corrected chi connectivity index (χ4v) is 3.01. The van der Waals surface area contributed by atoms with Gasteiger partial charge in [-0.15, -0.1) is 0 Å².